The minimum Gasteiger partial charge on any atom is -0.465 e. The van der Waals surface area contributed by atoms with E-state index in [9.17, 15) is 4.79 Å². The third-order valence-corrected chi connectivity index (χ3v) is 4.15. The first-order valence-corrected chi connectivity index (χ1v) is 8.01. The van der Waals surface area contributed by atoms with Gasteiger partial charge in [0, 0.05) is 10.9 Å². The van der Waals surface area contributed by atoms with Gasteiger partial charge in [0.25, 0.3) is 0 Å². The topological polar surface area (TPSA) is 45.5 Å². The molecule has 0 aliphatic rings. The third kappa shape index (κ3) is 5.02. The van der Waals surface area contributed by atoms with E-state index in [0.717, 1.165) is 11.5 Å². The molecule has 0 aliphatic carbocycles. The van der Waals surface area contributed by atoms with Gasteiger partial charge in [0.2, 0.25) is 5.91 Å². The van der Waals surface area contributed by atoms with Crippen LogP contribution in [0, 0.1) is 6.92 Å². The number of hydrogen-bond acceptors (Lipinski definition) is 4. The van der Waals surface area contributed by atoms with E-state index in [4.69, 9.17) is 4.42 Å². The molecule has 2 rings (SSSR count). The molecule has 0 fully saturated rings. The highest BCUT2D eigenvalue weighted by atomic mass is 32.1. The van der Waals surface area contributed by atoms with Gasteiger partial charge >= 0.3 is 0 Å². The van der Waals surface area contributed by atoms with Gasteiger partial charge in [-0.3, -0.25) is 9.69 Å². The fourth-order valence-electron chi connectivity index (χ4n) is 2.03. The molecular formula is C16H22N2O2S. The van der Waals surface area contributed by atoms with Crippen molar-refractivity contribution < 1.29 is 9.21 Å². The monoisotopic (exact) mass is 306 g/mol. The number of amides is 1. The summed E-state index contributed by atoms with van der Waals surface area (Å²) in [7, 11) is 0. The Balaban J connectivity index is 1.85. The summed E-state index contributed by atoms with van der Waals surface area (Å²) in [6, 6.07) is 8.21. The quantitative estimate of drug-likeness (QED) is 0.854. The molecule has 0 aliphatic heterocycles. The minimum absolute atomic E-state index is 0.0420. The van der Waals surface area contributed by atoms with Crippen LogP contribution in [0.4, 0.5) is 0 Å². The summed E-state index contributed by atoms with van der Waals surface area (Å²) in [5.41, 5.74) is 0. The van der Waals surface area contributed by atoms with E-state index in [0.29, 0.717) is 19.6 Å². The van der Waals surface area contributed by atoms with E-state index in [1.54, 1.807) is 11.3 Å². The summed E-state index contributed by atoms with van der Waals surface area (Å²) >= 11 is 1.65. The molecule has 0 bridgehead atoms. The molecule has 2 heterocycles. The van der Waals surface area contributed by atoms with E-state index >= 15 is 0 Å². The summed E-state index contributed by atoms with van der Waals surface area (Å²) in [6.07, 6.45) is 0. The number of nitrogens with one attached hydrogen (secondary N) is 1. The molecule has 4 nitrogen and oxygen atoms in total. The molecule has 1 amide bonds. The number of nitrogens with zero attached hydrogens (tertiary/aromatic N) is 1. The SMILES string of the molecule is Cc1ccc(CN(CC(=O)NCc2cccs2)C(C)C)o1. The van der Waals surface area contributed by atoms with Crippen LogP contribution in [0.2, 0.25) is 0 Å². The van der Waals surface area contributed by atoms with Gasteiger partial charge in [-0.05, 0) is 44.4 Å². The largest absolute Gasteiger partial charge is 0.465 e. The first-order valence-electron chi connectivity index (χ1n) is 7.13. The maximum atomic E-state index is 12.1. The van der Waals surface area contributed by atoms with Crippen molar-refractivity contribution in [3.63, 3.8) is 0 Å². The Kier molecular flexibility index (Phi) is 5.59. The van der Waals surface area contributed by atoms with Gasteiger partial charge in [-0.2, -0.15) is 0 Å². The minimum atomic E-state index is 0.0420. The number of carbonyl (C=O) groups is 1. The third-order valence-electron chi connectivity index (χ3n) is 3.27. The molecule has 0 saturated heterocycles. The smallest absolute Gasteiger partial charge is 0.234 e. The number of carbonyl (C=O) groups excluding carboxylic acids is 1. The van der Waals surface area contributed by atoms with Crippen LogP contribution in [-0.2, 0) is 17.9 Å². The maximum absolute atomic E-state index is 12.1. The second-order valence-electron chi connectivity index (χ2n) is 5.37. The molecule has 0 saturated carbocycles. The van der Waals surface area contributed by atoms with Crippen molar-refractivity contribution in [1.82, 2.24) is 10.2 Å². The predicted octanol–water partition coefficient (Wildman–Crippen LogP) is 3.18. The molecule has 114 valence electrons. The molecular weight excluding hydrogens is 284 g/mol. The van der Waals surface area contributed by atoms with Gasteiger partial charge in [0.15, 0.2) is 0 Å². The van der Waals surface area contributed by atoms with Crippen LogP contribution in [-0.4, -0.2) is 23.4 Å². The van der Waals surface area contributed by atoms with Crippen LogP contribution in [0.3, 0.4) is 0 Å². The average molecular weight is 306 g/mol. The summed E-state index contributed by atoms with van der Waals surface area (Å²) in [6.45, 7) is 7.73. The highest BCUT2D eigenvalue weighted by Gasteiger charge is 2.16. The zero-order valence-corrected chi connectivity index (χ0v) is 13.6. The molecule has 0 aromatic carbocycles. The number of hydrogen-bond donors (Lipinski definition) is 1. The van der Waals surface area contributed by atoms with Crippen LogP contribution < -0.4 is 5.32 Å². The van der Waals surface area contributed by atoms with Crippen molar-refractivity contribution in [2.45, 2.75) is 39.9 Å². The molecule has 0 atom stereocenters. The van der Waals surface area contributed by atoms with Gasteiger partial charge in [-0.25, -0.2) is 0 Å². The lowest BCUT2D eigenvalue weighted by molar-refractivity contribution is -0.123. The lowest BCUT2D eigenvalue weighted by atomic mass is 10.3. The maximum Gasteiger partial charge on any atom is 0.234 e. The second kappa shape index (κ2) is 7.43. The van der Waals surface area contributed by atoms with Crippen molar-refractivity contribution in [2.75, 3.05) is 6.54 Å². The van der Waals surface area contributed by atoms with Crippen LogP contribution in [0.25, 0.3) is 0 Å². The Hall–Kier alpha value is -1.59. The van der Waals surface area contributed by atoms with Crippen molar-refractivity contribution in [3.8, 4) is 0 Å². The van der Waals surface area contributed by atoms with E-state index in [1.807, 2.05) is 36.6 Å². The van der Waals surface area contributed by atoms with Crippen LogP contribution in [0.1, 0.15) is 30.2 Å². The fourth-order valence-corrected chi connectivity index (χ4v) is 2.68. The fraction of sp³-hybridized carbons (Fsp3) is 0.438. The molecule has 21 heavy (non-hydrogen) atoms. The Labute approximate surface area is 129 Å². The molecule has 0 radical (unpaired) electrons. The first kappa shape index (κ1) is 15.8. The predicted molar refractivity (Wildman–Crippen MR) is 85.2 cm³/mol. The highest BCUT2D eigenvalue weighted by molar-refractivity contribution is 7.09. The summed E-state index contributed by atoms with van der Waals surface area (Å²) < 4.78 is 5.59. The molecule has 2 aromatic heterocycles. The molecule has 1 N–H and O–H groups in total. The lowest BCUT2D eigenvalue weighted by Gasteiger charge is -2.24. The van der Waals surface area contributed by atoms with Crippen LogP contribution in [0.15, 0.2) is 34.1 Å². The van der Waals surface area contributed by atoms with E-state index < -0.39 is 0 Å². The van der Waals surface area contributed by atoms with E-state index in [2.05, 4.69) is 24.1 Å². The Morgan fingerprint density at radius 2 is 2.19 bits per heavy atom. The number of thiophene rings is 1. The molecule has 0 spiro atoms. The molecule has 5 heteroatoms. The van der Waals surface area contributed by atoms with Crippen molar-refractivity contribution >= 4 is 17.2 Å². The van der Waals surface area contributed by atoms with Crippen LogP contribution >= 0.6 is 11.3 Å². The average Bonchev–Trinajstić information content (AvgIpc) is 3.07. The summed E-state index contributed by atoms with van der Waals surface area (Å²) in [5, 5.41) is 4.98. The number of aryl methyl sites for hydroxylation is 1. The zero-order valence-electron chi connectivity index (χ0n) is 12.8. The van der Waals surface area contributed by atoms with Gasteiger partial charge in [-0.15, -0.1) is 11.3 Å². The summed E-state index contributed by atoms with van der Waals surface area (Å²) in [5.74, 6) is 1.84. The lowest BCUT2D eigenvalue weighted by Crippen LogP contribution is -2.40. The molecule has 2 aromatic rings. The van der Waals surface area contributed by atoms with Gasteiger partial charge < -0.3 is 9.73 Å². The highest BCUT2D eigenvalue weighted by Crippen LogP contribution is 2.12. The standard InChI is InChI=1S/C16H22N2O2S/c1-12(2)18(10-14-7-6-13(3)20-14)11-16(19)17-9-15-5-4-8-21-15/h4-8,12H,9-11H2,1-3H3,(H,17,19). The van der Waals surface area contributed by atoms with Gasteiger partial charge in [0.1, 0.15) is 11.5 Å². The Bertz CT molecular complexity index is 561. The first-order chi connectivity index (χ1) is 10.0. The van der Waals surface area contributed by atoms with Crippen molar-refractivity contribution in [2.24, 2.45) is 0 Å². The number of rotatable bonds is 7. The van der Waals surface area contributed by atoms with E-state index in [1.165, 1.54) is 4.88 Å². The van der Waals surface area contributed by atoms with E-state index in [-0.39, 0.29) is 11.9 Å². The van der Waals surface area contributed by atoms with Crippen molar-refractivity contribution in [3.05, 3.63) is 46.0 Å². The number of furan rings is 1. The van der Waals surface area contributed by atoms with Crippen LogP contribution in [0.5, 0.6) is 0 Å². The Morgan fingerprint density at radius 3 is 2.76 bits per heavy atom. The zero-order chi connectivity index (χ0) is 15.2. The summed E-state index contributed by atoms with van der Waals surface area (Å²) in [4.78, 5) is 15.3. The normalized spacial score (nSPS) is 11.3. The van der Waals surface area contributed by atoms with Crippen molar-refractivity contribution in [1.29, 1.82) is 0 Å². The molecule has 0 unspecified atom stereocenters. The van der Waals surface area contributed by atoms with Gasteiger partial charge in [-0.1, -0.05) is 6.07 Å². The van der Waals surface area contributed by atoms with Gasteiger partial charge in [0.05, 0.1) is 19.6 Å². The second-order valence-corrected chi connectivity index (χ2v) is 6.40. The Morgan fingerprint density at radius 1 is 1.38 bits per heavy atom.